The van der Waals surface area contributed by atoms with Gasteiger partial charge >= 0.3 is 0 Å². The quantitative estimate of drug-likeness (QED) is 0.884. The molecule has 2 heterocycles. The predicted molar refractivity (Wildman–Crippen MR) is 94.0 cm³/mol. The number of fused-ring (bicyclic) bond motifs is 1. The van der Waals surface area contributed by atoms with Gasteiger partial charge in [0.25, 0.3) is 0 Å². The maximum atomic E-state index is 12.7. The zero-order valence-corrected chi connectivity index (χ0v) is 14.7. The van der Waals surface area contributed by atoms with Crippen molar-refractivity contribution in [1.82, 2.24) is 20.2 Å². The molecule has 1 amide bonds. The number of carbonyl (C=O) groups excluding carboxylic acids is 1. The summed E-state index contributed by atoms with van der Waals surface area (Å²) in [5.74, 6) is 1.41. The number of carbonyl (C=O) groups is 1. The third-order valence-electron chi connectivity index (χ3n) is 5.16. The Balaban J connectivity index is 1.44. The fraction of sp³-hybridized carbons (Fsp3) is 0.556. The number of hydrogen-bond acceptors (Lipinski definition) is 6. The molecule has 4 rings (SSSR count). The monoisotopic (exact) mass is 357 g/mol. The van der Waals surface area contributed by atoms with Crippen LogP contribution in [-0.4, -0.2) is 39.3 Å². The van der Waals surface area contributed by atoms with Crippen LogP contribution in [0.3, 0.4) is 0 Å². The van der Waals surface area contributed by atoms with Gasteiger partial charge in [-0.05, 0) is 40.8 Å². The summed E-state index contributed by atoms with van der Waals surface area (Å²) in [6.45, 7) is 1.76. The Bertz CT molecular complexity index is 756. The number of anilines is 1. The molecule has 0 atom stereocenters. The summed E-state index contributed by atoms with van der Waals surface area (Å²) in [4.78, 5) is 12.7. The molecule has 8 nitrogen and oxygen atoms in total. The largest absolute Gasteiger partial charge is 0.486 e. The van der Waals surface area contributed by atoms with E-state index in [4.69, 9.17) is 9.47 Å². The lowest BCUT2D eigenvalue weighted by atomic mass is 9.71. The molecule has 0 bridgehead atoms. The van der Waals surface area contributed by atoms with Crippen molar-refractivity contribution in [3.8, 4) is 11.5 Å². The van der Waals surface area contributed by atoms with E-state index in [1.54, 1.807) is 11.0 Å². The lowest BCUT2D eigenvalue weighted by Gasteiger charge is -2.36. The Kier molecular flexibility index (Phi) is 4.73. The molecule has 0 radical (unpaired) electrons. The molecule has 1 aromatic heterocycles. The van der Waals surface area contributed by atoms with E-state index in [1.807, 2.05) is 18.2 Å². The molecule has 138 valence electrons. The minimum Gasteiger partial charge on any atom is -0.486 e. The molecule has 0 unspecified atom stereocenters. The van der Waals surface area contributed by atoms with Gasteiger partial charge in [-0.2, -0.15) is 0 Å². The van der Waals surface area contributed by atoms with Crippen LogP contribution < -0.4 is 14.8 Å². The van der Waals surface area contributed by atoms with Crippen LogP contribution in [0.5, 0.6) is 11.5 Å². The molecular formula is C18H23N5O3. The van der Waals surface area contributed by atoms with Crippen molar-refractivity contribution in [3.63, 3.8) is 0 Å². The molecular weight excluding hydrogens is 334 g/mol. The molecule has 2 aromatic rings. The molecule has 1 N–H and O–H groups in total. The normalized spacial score (nSPS) is 18.3. The van der Waals surface area contributed by atoms with Crippen molar-refractivity contribution < 1.29 is 14.3 Å². The molecule has 0 spiro atoms. The van der Waals surface area contributed by atoms with Gasteiger partial charge in [0.15, 0.2) is 11.5 Å². The molecule has 1 aromatic carbocycles. The number of tetrazole rings is 1. The maximum Gasteiger partial charge on any atom is 0.225 e. The standard InChI is InChI=1S/C18H23N5O3/c24-17(20-14-4-5-15-16(10-14)26-9-8-25-15)11-18(6-2-1-3-7-18)12-23-13-19-21-22-23/h4-5,10,13H,1-3,6-9,11-12H2,(H,20,24). The number of ether oxygens (including phenoxy) is 2. The molecule has 1 saturated carbocycles. The molecule has 1 aliphatic heterocycles. The van der Waals surface area contributed by atoms with E-state index in [0.717, 1.165) is 37.1 Å². The summed E-state index contributed by atoms with van der Waals surface area (Å²) in [5, 5.41) is 14.4. The molecule has 1 fully saturated rings. The average molecular weight is 357 g/mol. The smallest absolute Gasteiger partial charge is 0.225 e. The highest BCUT2D eigenvalue weighted by Crippen LogP contribution is 2.41. The van der Waals surface area contributed by atoms with Gasteiger partial charge in [-0.25, -0.2) is 4.68 Å². The van der Waals surface area contributed by atoms with E-state index in [1.165, 1.54) is 6.42 Å². The summed E-state index contributed by atoms with van der Waals surface area (Å²) < 4.78 is 12.8. The van der Waals surface area contributed by atoms with Gasteiger partial charge in [0.1, 0.15) is 19.5 Å². The van der Waals surface area contributed by atoms with Crippen molar-refractivity contribution in [2.45, 2.75) is 45.1 Å². The summed E-state index contributed by atoms with van der Waals surface area (Å²) in [6.07, 6.45) is 7.61. The zero-order valence-electron chi connectivity index (χ0n) is 14.7. The highest BCUT2D eigenvalue weighted by Gasteiger charge is 2.35. The first kappa shape index (κ1) is 16.8. The lowest BCUT2D eigenvalue weighted by Crippen LogP contribution is -2.34. The fourth-order valence-electron chi connectivity index (χ4n) is 3.96. The first-order chi connectivity index (χ1) is 12.7. The van der Waals surface area contributed by atoms with Gasteiger partial charge in [-0.1, -0.05) is 19.3 Å². The fourth-order valence-corrected chi connectivity index (χ4v) is 3.96. The summed E-state index contributed by atoms with van der Waals surface area (Å²) >= 11 is 0. The van der Waals surface area contributed by atoms with E-state index >= 15 is 0 Å². The summed E-state index contributed by atoms with van der Waals surface area (Å²) in [7, 11) is 0. The predicted octanol–water partition coefficient (Wildman–Crippen LogP) is 2.42. The Morgan fingerprint density at radius 2 is 1.96 bits per heavy atom. The number of hydrogen-bond donors (Lipinski definition) is 1. The second-order valence-corrected chi connectivity index (χ2v) is 7.15. The third-order valence-corrected chi connectivity index (χ3v) is 5.16. The number of aromatic nitrogens is 4. The molecule has 8 heteroatoms. The van der Waals surface area contributed by atoms with Gasteiger partial charge in [0.05, 0.1) is 6.54 Å². The topological polar surface area (TPSA) is 91.2 Å². The van der Waals surface area contributed by atoms with Crippen molar-refractivity contribution in [3.05, 3.63) is 24.5 Å². The number of rotatable bonds is 5. The van der Waals surface area contributed by atoms with Crippen LogP contribution in [0.1, 0.15) is 38.5 Å². The van der Waals surface area contributed by atoms with Crippen LogP contribution in [0, 0.1) is 5.41 Å². The van der Waals surface area contributed by atoms with Gasteiger partial charge in [0.2, 0.25) is 5.91 Å². The van der Waals surface area contributed by atoms with Crippen LogP contribution in [0.4, 0.5) is 5.69 Å². The van der Waals surface area contributed by atoms with Gasteiger partial charge in [-0.15, -0.1) is 5.10 Å². The van der Waals surface area contributed by atoms with Crippen molar-refractivity contribution >= 4 is 11.6 Å². The highest BCUT2D eigenvalue weighted by atomic mass is 16.6. The van der Waals surface area contributed by atoms with Gasteiger partial charge in [-0.3, -0.25) is 4.79 Å². The minimum absolute atomic E-state index is 0.0108. The number of nitrogens with zero attached hydrogens (tertiary/aromatic N) is 4. The molecule has 26 heavy (non-hydrogen) atoms. The number of benzene rings is 1. The second-order valence-electron chi connectivity index (χ2n) is 7.15. The van der Waals surface area contributed by atoms with Gasteiger partial charge in [0, 0.05) is 18.2 Å². The number of amides is 1. The Morgan fingerprint density at radius 1 is 1.15 bits per heavy atom. The van der Waals surface area contributed by atoms with E-state index in [9.17, 15) is 4.79 Å². The summed E-state index contributed by atoms with van der Waals surface area (Å²) in [6, 6.07) is 5.50. The molecule has 2 aliphatic rings. The molecule has 1 aliphatic carbocycles. The van der Waals surface area contributed by atoms with Gasteiger partial charge < -0.3 is 14.8 Å². The van der Waals surface area contributed by atoms with Crippen LogP contribution in [0.2, 0.25) is 0 Å². The first-order valence-electron chi connectivity index (χ1n) is 9.13. The minimum atomic E-state index is -0.0917. The Morgan fingerprint density at radius 3 is 2.73 bits per heavy atom. The summed E-state index contributed by atoms with van der Waals surface area (Å²) in [5.41, 5.74) is 0.638. The number of nitrogens with one attached hydrogen (secondary N) is 1. The van der Waals surface area contributed by atoms with Crippen LogP contribution in [-0.2, 0) is 11.3 Å². The van der Waals surface area contributed by atoms with Crippen LogP contribution in [0.25, 0.3) is 0 Å². The maximum absolute atomic E-state index is 12.7. The van der Waals surface area contributed by atoms with Crippen molar-refractivity contribution in [1.29, 1.82) is 0 Å². The van der Waals surface area contributed by atoms with Crippen molar-refractivity contribution in [2.24, 2.45) is 5.41 Å². The first-order valence-corrected chi connectivity index (χ1v) is 9.13. The Labute approximate surface area is 151 Å². The third kappa shape index (κ3) is 3.79. The van der Waals surface area contributed by atoms with E-state index < -0.39 is 0 Å². The van der Waals surface area contributed by atoms with E-state index in [2.05, 4.69) is 20.8 Å². The highest BCUT2D eigenvalue weighted by molar-refractivity contribution is 5.91. The van der Waals surface area contributed by atoms with Crippen molar-refractivity contribution in [2.75, 3.05) is 18.5 Å². The molecule has 0 saturated heterocycles. The SMILES string of the molecule is O=C(CC1(Cn2cnnn2)CCCCC1)Nc1ccc2c(c1)OCCO2. The zero-order chi connectivity index (χ0) is 17.8. The van der Waals surface area contributed by atoms with Crippen LogP contribution >= 0.6 is 0 Å². The van der Waals surface area contributed by atoms with E-state index in [-0.39, 0.29) is 11.3 Å². The average Bonchev–Trinajstić information content (AvgIpc) is 3.15. The van der Waals surface area contributed by atoms with E-state index in [0.29, 0.717) is 31.9 Å². The van der Waals surface area contributed by atoms with Crippen LogP contribution in [0.15, 0.2) is 24.5 Å². The Hall–Kier alpha value is -2.64. The lowest BCUT2D eigenvalue weighted by molar-refractivity contribution is -0.119. The second kappa shape index (κ2) is 7.31.